The maximum Gasteiger partial charge on any atom is 0.350 e. The molecule has 2 unspecified atom stereocenters. The van der Waals surface area contributed by atoms with Gasteiger partial charge in [0.05, 0.1) is 10.6 Å². The highest BCUT2D eigenvalue weighted by atomic mass is 32.2. The molecule has 1 aromatic rings. The first-order chi connectivity index (χ1) is 11.8. The molecule has 1 fully saturated rings. The zero-order chi connectivity index (χ0) is 18.5. The van der Waals surface area contributed by atoms with E-state index in [1.54, 1.807) is 12.1 Å². The summed E-state index contributed by atoms with van der Waals surface area (Å²) in [5.74, 6) is -1.13. The highest BCUT2D eigenvalue weighted by Gasteiger charge is 2.48. The van der Waals surface area contributed by atoms with E-state index in [1.165, 1.54) is 12.1 Å². The minimum atomic E-state index is -3.54. The summed E-state index contributed by atoms with van der Waals surface area (Å²) in [5.41, 5.74) is -0.335. The topological polar surface area (TPSA) is 86.7 Å². The van der Waals surface area contributed by atoms with Crippen LogP contribution in [0.25, 0.3) is 0 Å². The van der Waals surface area contributed by atoms with Gasteiger partial charge in [-0.15, -0.1) is 0 Å². The number of aryl methyl sites for hydroxylation is 1. The van der Waals surface area contributed by atoms with Crippen molar-refractivity contribution in [1.82, 2.24) is 0 Å². The molecular formula is C18H24O6S. The monoisotopic (exact) mass is 368 g/mol. The van der Waals surface area contributed by atoms with E-state index in [0.717, 1.165) is 24.8 Å². The lowest BCUT2D eigenvalue weighted by Gasteiger charge is -2.38. The summed E-state index contributed by atoms with van der Waals surface area (Å²) in [6.07, 6.45) is 2.87. The van der Waals surface area contributed by atoms with Gasteiger partial charge >= 0.3 is 5.97 Å². The maximum absolute atomic E-state index is 12.5. The second-order valence-corrected chi connectivity index (χ2v) is 8.63. The molecule has 0 radical (unpaired) electrons. The third-order valence-corrected chi connectivity index (χ3v) is 6.50. The molecule has 0 saturated heterocycles. The number of ether oxygens (including phenoxy) is 2. The van der Waals surface area contributed by atoms with Crippen LogP contribution < -0.4 is 0 Å². The Morgan fingerprint density at radius 2 is 1.96 bits per heavy atom. The zero-order valence-electron chi connectivity index (χ0n) is 14.6. The van der Waals surface area contributed by atoms with E-state index in [1.807, 2.05) is 13.8 Å². The summed E-state index contributed by atoms with van der Waals surface area (Å²) in [5, 5.41) is 0. The zero-order valence-corrected chi connectivity index (χ0v) is 15.4. The smallest absolute Gasteiger partial charge is 0.350 e. The van der Waals surface area contributed by atoms with E-state index < -0.39 is 21.4 Å². The minimum absolute atomic E-state index is 0.160. The predicted octanol–water partition coefficient (Wildman–Crippen LogP) is 2.43. The molecular weight excluding hydrogens is 344 g/mol. The van der Waals surface area contributed by atoms with Gasteiger partial charge in [0, 0.05) is 5.92 Å². The average molecular weight is 368 g/mol. The van der Waals surface area contributed by atoms with Crippen LogP contribution >= 0.6 is 0 Å². The minimum Gasteiger partial charge on any atom is -0.462 e. The van der Waals surface area contributed by atoms with Crippen molar-refractivity contribution in [3.8, 4) is 0 Å². The molecule has 0 amide bonds. The Morgan fingerprint density at radius 1 is 1.28 bits per heavy atom. The number of sulfone groups is 1. The van der Waals surface area contributed by atoms with Gasteiger partial charge in [-0.05, 0) is 38.3 Å². The first kappa shape index (κ1) is 19.4. The van der Waals surface area contributed by atoms with Crippen molar-refractivity contribution >= 4 is 22.3 Å². The van der Waals surface area contributed by atoms with Crippen molar-refractivity contribution < 1.29 is 27.5 Å². The molecule has 25 heavy (non-hydrogen) atoms. The van der Waals surface area contributed by atoms with Crippen LogP contribution in [0.15, 0.2) is 29.2 Å². The van der Waals surface area contributed by atoms with Crippen LogP contribution in [-0.4, -0.2) is 38.8 Å². The number of benzene rings is 1. The van der Waals surface area contributed by atoms with Gasteiger partial charge in [0.1, 0.15) is 6.61 Å². The summed E-state index contributed by atoms with van der Waals surface area (Å²) < 4.78 is 34.9. The van der Waals surface area contributed by atoms with E-state index in [2.05, 4.69) is 0 Å². The third-order valence-electron chi connectivity index (χ3n) is 4.80. The Hall–Kier alpha value is -1.89. The Bertz CT molecular complexity index is 710. The van der Waals surface area contributed by atoms with Crippen molar-refractivity contribution in [1.29, 1.82) is 0 Å². The van der Waals surface area contributed by atoms with Crippen molar-refractivity contribution in [3.05, 3.63) is 29.8 Å². The van der Waals surface area contributed by atoms with Crippen LogP contribution in [-0.2, 0) is 28.9 Å². The second-order valence-electron chi connectivity index (χ2n) is 6.52. The molecule has 6 nitrogen and oxygen atoms in total. The van der Waals surface area contributed by atoms with E-state index >= 15 is 0 Å². The first-order valence-electron chi connectivity index (χ1n) is 8.40. The average Bonchev–Trinajstić information content (AvgIpc) is 2.57. The van der Waals surface area contributed by atoms with Crippen LogP contribution in [0, 0.1) is 12.8 Å². The van der Waals surface area contributed by atoms with Gasteiger partial charge < -0.3 is 9.47 Å². The van der Waals surface area contributed by atoms with E-state index in [-0.39, 0.29) is 29.6 Å². The molecule has 2 atom stereocenters. The van der Waals surface area contributed by atoms with Gasteiger partial charge in [0.2, 0.25) is 5.60 Å². The van der Waals surface area contributed by atoms with E-state index in [4.69, 9.17) is 9.47 Å². The Kier molecular flexibility index (Phi) is 6.21. The Morgan fingerprint density at radius 3 is 2.56 bits per heavy atom. The molecule has 138 valence electrons. The second kappa shape index (κ2) is 7.99. The summed E-state index contributed by atoms with van der Waals surface area (Å²) >= 11 is 0. The van der Waals surface area contributed by atoms with Crippen molar-refractivity contribution in [3.63, 3.8) is 0 Å². The summed E-state index contributed by atoms with van der Waals surface area (Å²) in [6, 6.07) is 6.50. The molecule has 0 spiro atoms. The quantitative estimate of drug-likeness (QED) is 0.543. The van der Waals surface area contributed by atoms with Crippen LogP contribution in [0.4, 0.5) is 0 Å². The molecule has 0 heterocycles. The Labute approximate surface area is 148 Å². The molecule has 2 rings (SSSR count). The van der Waals surface area contributed by atoms with Gasteiger partial charge in [-0.25, -0.2) is 13.2 Å². The molecule has 1 aliphatic rings. The molecule has 1 aromatic carbocycles. The van der Waals surface area contributed by atoms with Gasteiger partial charge in [-0.3, -0.25) is 4.79 Å². The standard InChI is InChI=1S/C18H24O6S/c1-14-6-8-16(9-7-14)25(21,22)12-11-23-17(20)18(24-13-19)10-4-3-5-15(18)2/h6-9,13,15H,3-5,10-12H2,1-2H3. The third kappa shape index (κ3) is 4.39. The predicted molar refractivity (Wildman–Crippen MR) is 91.7 cm³/mol. The van der Waals surface area contributed by atoms with Gasteiger partial charge in [0.25, 0.3) is 6.47 Å². The fourth-order valence-electron chi connectivity index (χ4n) is 3.16. The largest absolute Gasteiger partial charge is 0.462 e. The highest BCUT2D eigenvalue weighted by Crippen LogP contribution is 2.37. The van der Waals surface area contributed by atoms with E-state index in [9.17, 15) is 18.0 Å². The molecule has 7 heteroatoms. The SMILES string of the molecule is Cc1ccc(S(=O)(=O)CCOC(=O)C2(OC=O)CCCCC2C)cc1. The van der Waals surface area contributed by atoms with Crippen LogP contribution in [0.3, 0.4) is 0 Å². The number of carbonyl (C=O) groups excluding carboxylic acids is 2. The van der Waals surface area contributed by atoms with E-state index in [0.29, 0.717) is 6.42 Å². The summed E-state index contributed by atoms with van der Waals surface area (Å²) in [4.78, 5) is 23.5. The van der Waals surface area contributed by atoms with Crippen molar-refractivity contribution in [2.45, 2.75) is 50.0 Å². The first-order valence-corrected chi connectivity index (χ1v) is 10.1. The highest BCUT2D eigenvalue weighted by molar-refractivity contribution is 7.91. The number of carbonyl (C=O) groups is 2. The number of rotatable bonds is 7. The van der Waals surface area contributed by atoms with Crippen molar-refractivity contribution in [2.24, 2.45) is 5.92 Å². The normalized spacial score (nSPS) is 23.7. The molecule has 0 aliphatic heterocycles. The summed E-state index contributed by atoms with van der Waals surface area (Å²) in [7, 11) is -3.54. The van der Waals surface area contributed by atoms with Crippen LogP contribution in [0.1, 0.15) is 38.2 Å². The lowest BCUT2D eigenvalue weighted by atomic mass is 9.76. The van der Waals surface area contributed by atoms with Crippen LogP contribution in [0.2, 0.25) is 0 Å². The number of esters is 1. The van der Waals surface area contributed by atoms with Crippen LogP contribution in [0.5, 0.6) is 0 Å². The summed E-state index contributed by atoms with van der Waals surface area (Å²) in [6.45, 7) is 3.71. The lowest BCUT2D eigenvalue weighted by Crippen LogP contribution is -2.50. The maximum atomic E-state index is 12.5. The molecule has 0 bridgehead atoms. The van der Waals surface area contributed by atoms with Gasteiger partial charge in [0.15, 0.2) is 9.84 Å². The Balaban J connectivity index is 2.00. The van der Waals surface area contributed by atoms with Crippen molar-refractivity contribution in [2.75, 3.05) is 12.4 Å². The van der Waals surface area contributed by atoms with Gasteiger partial charge in [-0.2, -0.15) is 0 Å². The van der Waals surface area contributed by atoms with Gasteiger partial charge in [-0.1, -0.05) is 31.0 Å². The number of hydrogen-bond donors (Lipinski definition) is 0. The molecule has 1 saturated carbocycles. The molecule has 0 aromatic heterocycles. The molecule has 1 aliphatic carbocycles. The number of hydrogen-bond acceptors (Lipinski definition) is 6. The fourth-order valence-corrected chi connectivity index (χ4v) is 4.25. The fraction of sp³-hybridized carbons (Fsp3) is 0.556. The molecule has 0 N–H and O–H groups in total. The lowest BCUT2D eigenvalue weighted by molar-refractivity contribution is -0.186.